The van der Waals surface area contributed by atoms with E-state index in [1.165, 1.54) is 0 Å². The van der Waals surface area contributed by atoms with Crippen molar-refractivity contribution in [2.75, 3.05) is 19.7 Å². The summed E-state index contributed by atoms with van der Waals surface area (Å²) < 4.78 is 0. The second-order valence-corrected chi connectivity index (χ2v) is 4.95. The predicted molar refractivity (Wildman–Crippen MR) is 67.0 cm³/mol. The fourth-order valence-corrected chi connectivity index (χ4v) is 2.49. The Kier molecular flexibility index (Phi) is 6.12. The van der Waals surface area contributed by atoms with Gasteiger partial charge < -0.3 is 15.1 Å². The molecule has 1 amide bonds. The average Bonchev–Trinajstić information content (AvgIpc) is 2.83. The van der Waals surface area contributed by atoms with Gasteiger partial charge in [0.1, 0.15) is 0 Å². The van der Waals surface area contributed by atoms with Crippen LogP contribution in [0.15, 0.2) is 0 Å². The monoisotopic (exact) mass is 257 g/mol. The molecule has 18 heavy (non-hydrogen) atoms. The zero-order valence-corrected chi connectivity index (χ0v) is 11.0. The highest BCUT2D eigenvalue weighted by Gasteiger charge is 2.35. The molecule has 2 atom stereocenters. The summed E-state index contributed by atoms with van der Waals surface area (Å²) in [6.07, 6.45) is 3.61. The molecule has 0 aromatic rings. The summed E-state index contributed by atoms with van der Waals surface area (Å²) in [5.41, 5.74) is 0. The molecule has 1 fully saturated rings. The third-order valence-corrected chi connectivity index (χ3v) is 3.59. The SMILES string of the molecule is CCCCN(CCO)C(=O)C1CCC(C(=O)O)C1. The van der Waals surface area contributed by atoms with Gasteiger partial charge in [0.2, 0.25) is 5.91 Å². The van der Waals surface area contributed by atoms with Crippen LogP contribution in [0, 0.1) is 11.8 Å². The van der Waals surface area contributed by atoms with Crippen LogP contribution in [0.4, 0.5) is 0 Å². The second kappa shape index (κ2) is 7.36. The summed E-state index contributed by atoms with van der Waals surface area (Å²) in [5.74, 6) is -1.33. The van der Waals surface area contributed by atoms with E-state index in [9.17, 15) is 9.59 Å². The van der Waals surface area contributed by atoms with E-state index >= 15 is 0 Å². The van der Waals surface area contributed by atoms with E-state index in [1.54, 1.807) is 4.90 Å². The number of hydrogen-bond acceptors (Lipinski definition) is 3. The van der Waals surface area contributed by atoms with Gasteiger partial charge in [0.05, 0.1) is 12.5 Å². The lowest BCUT2D eigenvalue weighted by Gasteiger charge is -2.24. The number of amides is 1. The van der Waals surface area contributed by atoms with Gasteiger partial charge in [-0.3, -0.25) is 9.59 Å². The van der Waals surface area contributed by atoms with Crippen LogP contribution >= 0.6 is 0 Å². The Morgan fingerprint density at radius 1 is 1.22 bits per heavy atom. The van der Waals surface area contributed by atoms with Gasteiger partial charge in [-0.25, -0.2) is 0 Å². The number of carbonyl (C=O) groups excluding carboxylic acids is 1. The van der Waals surface area contributed by atoms with Crippen LogP contribution in [0.1, 0.15) is 39.0 Å². The number of nitrogens with zero attached hydrogens (tertiary/aromatic N) is 1. The van der Waals surface area contributed by atoms with Crippen LogP contribution in [-0.4, -0.2) is 46.7 Å². The Hall–Kier alpha value is -1.10. The number of rotatable bonds is 7. The zero-order valence-electron chi connectivity index (χ0n) is 11.0. The zero-order chi connectivity index (χ0) is 13.5. The summed E-state index contributed by atoms with van der Waals surface area (Å²) >= 11 is 0. The molecule has 5 nitrogen and oxygen atoms in total. The summed E-state index contributed by atoms with van der Waals surface area (Å²) in [5, 5.41) is 17.9. The predicted octanol–water partition coefficient (Wildman–Crippen LogP) is 1.11. The molecule has 104 valence electrons. The molecule has 1 saturated carbocycles. The fraction of sp³-hybridized carbons (Fsp3) is 0.846. The molecule has 0 aromatic heterocycles. The van der Waals surface area contributed by atoms with Crippen LogP contribution in [0.25, 0.3) is 0 Å². The van der Waals surface area contributed by atoms with Crippen molar-refractivity contribution in [1.29, 1.82) is 0 Å². The van der Waals surface area contributed by atoms with Gasteiger partial charge in [-0.2, -0.15) is 0 Å². The van der Waals surface area contributed by atoms with Crippen molar-refractivity contribution in [2.24, 2.45) is 11.8 Å². The molecule has 0 bridgehead atoms. The van der Waals surface area contributed by atoms with Gasteiger partial charge in [-0.05, 0) is 25.7 Å². The normalized spacial score (nSPS) is 23.0. The summed E-state index contributed by atoms with van der Waals surface area (Å²) in [4.78, 5) is 24.8. The molecule has 0 aromatic carbocycles. The molecule has 1 aliphatic carbocycles. The van der Waals surface area contributed by atoms with Crippen molar-refractivity contribution in [1.82, 2.24) is 4.90 Å². The highest BCUT2D eigenvalue weighted by Crippen LogP contribution is 2.32. The largest absolute Gasteiger partial charge is 0.481 e. The number of unbranched alkanes of at least 4 members (excludes halogenated alkanes) is 1. The molecule has 0 saturated heterocycles. The van der Waals surface area contributed by atoms with Crippen LogP contribution in [0.5, 0.6) is 0 Å². The van der Waals surface area contributed by atoms with E-state index in [1.807, 2.05) is 0 Å². The van der Waals surface area contributed by atoms with Crippen molar-refractivity contribution in [3.05, 3.63) is 0 Å². The molecule has 0 spiro atoms. The summed E-state index contributed by atoms with van der Waals surface area (Å²) in [6, 6.07) is 0. The van der Waals surface area contributed by atoms with E-state index in [2.05, 4.69) is 6.92 Å². The topological polar surface area (TPSA) is 77.8 Å². The van der Waals surface area contributed by atoms with E-state index < -0.39 is 5.97 Å². The summed E-state index contributed by atoms with van der Waals surface area (Å²) in [7, 11) is 0. The fourth-order valence-electron chi connectivity index (χ4n) is 2.49. The molecule has 1 rings (SSSR count). The quantitative estimate of drug-likeness (QED) is 0.716. The third-order valence-electron chi connectivity index (χ3n) is 3.59. The Balaban J connectivity index is 2.52. The van der Waals surface area contributed by atoms with Crippen LogP contribution in [-0.2, 0) is 9.59 Å². The number of aliphatic carboxylic acids is 1. The number of aliphatic hydroxyl groups excluding tert-OH is 1. The Bertz CT molecular complexity index is 293. The smallest absolute Gasteiger partial charge is 0.306 e. The van der Waals surface area contributed by atoms with Gasteiger partial charge in [0.15, 0.2) is 0 Å². The molecule has 0 aliphatic heterocycles. The first kappa shape index (κ1) is 15.0. The number of carboxylic acid groups (broad SMARTS) is 1. The van der Waals surface area contributed by atoms with Crippen LogP contribution in [0.3, 0.4) is 0 Å². The van der Waals surface area contributed by atoms with Crippen LogP contribution in [0.2, 0.25) is 0 Å². The molecule has 0 heterocycles. The molecule has 0 radical (unpaired) electrons. The number of carboxylic acids is 1. The molecule has 5 heteroatoms. The van der Waals surface area contributed by atoms with E-state index in [4.69, 9.17) is 10.2 Å². The first-order chi connectivity index (χ1) is 8.60. The minimum absolute atomic E-state index is 0.0150. The first-order valence-electron chi connectivity index (χ1n) is 6.72. The number of carbonyl (C=O) groups is 2. The maximum absolute atomic E-state index is 12.2. The molecular weight excluding hydrogens is 234 g/mol. The van der Waals surface area contributed by atoms with Gasteiger partial charge in [0.25, 0.3) is 0 Å². The molecule has 2 unspecified atom stereocenters. The Labute approximate surface area is 108 Å². The lowest BCUT2D eigenvalue weighted by molar-refractivity contribution is -0.141. The van der Waals surface area contributed by atoms with Crippen molar-refractivity contribution in [3.8, 4) is 0 Å². The van der Waals surface area contributed by atoms with Crippen molar-refractivity contribution < 1.29 is 19.8 Å². The van der Waals surface area contributed by atoms with E-state index in [-0.39, 0.29) is 24.3 Å². The maximum Gasteiger partial charge on any atom is 0.306 e. The lowest BCUT2D eigenvalue weighted by Crippen LogP contribution is -2.38. The maximum atomic E-state index is 12.2. The van der Waals surface area contributed by atoms with Crippen molar-refractivity contribution in [2.45, 2.75) is 39.0 Å². The lowest BCUT2D eigenvalue weighted by atomic mass is 10.0. The standard InChI is InChI=1S/C13H23NO4/c1-2-3-6-14(7-8-15)12(16)10-4-5-11(9-10)13(17)18/h10-11,15H,2-9H2,1H3,(H,17,18). The van der Waals surface area contributed by atoms with E-state index in [0.717, 1.165) is 12.8 Å². The highest BCUT2D eigenvalue weighted by molar-refractivity contribution is 5.81. The number of aliphatic hydroxyl groups is 1. The number of hydrogen-bond donors (Lipinski definition) is 2. The second-order valence-electron chi connectivity index (χ2n) is 4.95. The summed E-state index contributed by atoms with van der Waals surface area (Å²) in [6.45, 7) is 3.03. The average molecular weight is 257 g/mol. The van der Waals surface area contributed by atoms with Gasteiger partial charge >= 0.3 is 5.97 Å². The third kappa shape index (κ3) is 3.98. The van der Waals surface area contributed by atoms with Crippen LogP contribution < -0.4 is 0 Å². The van der Waals surface area contributed by atoms with Gasteiger partial charge in [-0.1, -0.05) is 13.3 Å². The Morgan fingerprint density at radius 3 is 2.39 bits per heavy atom. The minimum Gasteiger partial charge on any atom is -0.481 e. The van der Waals surface area contributed by atoms with Crippen molar-refractivity contribution >= 4 is 11.9 Å². The minimum atomic E-state index is -0.799. The molecule has 2 N–H and O–H groups in total. The van der Waals surface area contributed by atoms with E-state index in [0.29, 0.717) is 32.4 Å². The molecule has 1 aliphatic rings. The first-order valence-corrected chi connectivity index (χ1v) is 6.72. The van der Waals surface area contributed by atoms with Gasteiger partial charge in [0, 0.05) is 19.0 Å². The Morgan fingerprint density at radius 2 is 1.89 bits per heavy atom. The van der Waals surface area contributed by atoms with Crippen molar-refractivity contribution in [3.63, 3.8) is 0 Å². The highest BCUT2D eigenvalue weighted by atomic mass is 16.4. The molecular formula is C13H23NO4. The van der Waals surface area contributed by atoms with Gasteiger partial charge in [-0.15, -0.1) is 0 Å².